The summed E-state index contributed by atoms with van der Waals surface area (Å²) >= 11 is 1.58. The zero-order valence-electron chi connectivity index (χ0n) is 16.4. The summed E-state index contributed by atoms with van der Waals surface area (Å²) in [4.78, 5) is 4.10. The summed E-state index contributed by atoms with van der Waals surface area (Å²) in [5.41, 5.74) is 3.72. The summed E-state index contributed by atoms with van der Waals surface area (Å²) < 4.78 is 7.87. The van der Waals surface area contributed by atoms with Crippen molar-refractivity contribution < 1.29 is 4.74 Å². The highest BCUT2D eigenvalue weighted by molar-refractivity contribution is 7.99. The molecule has 0 unspecified atom stereocenters. The smallest absolute Gasteiger partial charge is 0.196 e. The molecule has 0 atom stereocenters. The van der Waals surface area contributed by atoms with Gasteiger partial charge in [0.2, 0.25) is 0 Å². The molecule has 30 heavy (non-hydrogen) atoms. The standard InChI is InChI=1S/C23H19N5OS/c1-17-5-2-3-8-21(17)28-22(19-9-11-25-12-10-19)26-27-23(28)30-14-13-29-20-7-4-6-18(15-20)16-24/h2-12,15H,13-14H2,1H3. The lowest BCUT2D eigenvalue weighted by Crippen LogP contribution is -2.04. The first-order chi connectivity index (χ1) is 14.8. The molecular weight excluding hydrogens is 394 g/mol. The molecule has 2 aromatic carbocycles. The summed E-state index contributed by atoms with van der Waals surface area (Å²) in [6.07, 6.45) is 3.50. The van der Waals surface area contributed by atoms with E-state index >= 15 is 0 Å². The molecule has 0 aliphatic rings. The minimum atomic E-state index is 0.491. The van der Waals surface area contributed by atoms with Gasteiger partial charge in [0.05, 0.1) is 23.9 Å². The van der Waals surface area contributed by atoms with E-state index in [4.69, 9.17) is 10.00 Å². The van der Waals surface area contributed by atoms with Crippen LogP contribution in [0.15, 0.2) is 78.2 Å². The quantitative estimate of drug-likeness (QED) is 0.323. The second-order valence-electron chi connectivity index (χ2n) is 6.50. The lowest BCUT2D eigenvalue weighted by Gasteiger charge is -2.13. The van der Waals surface area contributed by atoms with Crippen molar-refractivity contribution in [3.63, 3.8) is 0 Å². The first kappa shape index (κ1) is 19.7. The lowest BCUT2D eigenvalue weighted by atomic mass is 10.2. The van der Waals surface area contributed by atoms with Gasteiger partial charge in [0.1, 0.15) is 5.75 Å². The second kappa shape index (κ2) is 9.25. The van der Waals surface area contributed by atoms with E-state index in [0.29, 0.717) is 23.7 Å². The predicted octanol–water partition coefficient (Wildman–Crippen LogP) is 4.68. The van der Waals surface area contributed by atoms with Gasteiger partial charge in [-0.3, -0.25) is 9.55 Å². The molecule has 0 amide bonds. The van der Waals surface area contributed by atoms with Crippen LogP contribution in [0.2, 0.25) is 0 Å². The zero-order valence-corrected chi connectivity index (χ0v) is 17.2. The van der Waals surface area contributed by atoms with Crippen LogP contribution in [0.5, 0.6) is 5.75 Å². The Kier molecular flexibility index (Phi) is 6.06. The van der Waals surface area contributed by atoms with Crippen molar-refractivity contribution in [3.05, 3.63) is 84.2 Å². The maximum atomic E-state index is 9.01. The fourth-order valence-electron chi connectivity index (χ4n) is 3.03. The van der Waals surface area contributed by atoms with Gasteiger partial charge >= 0.3 is 0 Å². The third kappa shape index (κ3) is 4.34. The average molecular weight is 414 g/mol. The van der Waals surface area contributed by atoms with Crippen LogP contribution in [-0.2, 0) is 0 Å². The molecule has 7 heteroatoms. The number of rotatable bonds is 7. The van der Waals surface area contributed by atoms with Gasteiger partial charge < -0.3 is 4.74 Å². The molecule has 6 nitrogen and oxygen atoms in total. The average Bonchev–Trinajstić information content (AvgIpc) is 3.21. The highest BCUT2D eigenvalue weighted by Crippen LogP contribution is 2.29. The maximum Gasteiger partial charge on any atom is 0.196 e. The molecule has 0 N–H and O–H groups in total. The minimum absolute atomic E-state index is 0.491. The number of aryl methyl sites for hydroxylation is 1. The Labute approximate surface area is 179 Å². The number of aromatic nitrogens is 4. The van der Waals surface area contributed by atoms with E-state index < -0.39 is 0 Å². The topological polar surface area (TPSA) is 76.6 Å². The van der Waals surface area contributed by atoms with Crippen LogP contribution in [0, 0.1) is 18.3 Å². The van der Waals surface area contributed by atoms with Crippen molar-refractivity contribution in [2.24, 2.45) is 0 Å². The summed E-state index contributed by atoms with van der Waals surface area (Å²) in [6.45, 7) is 2.57. The summed E-state index contributed by atoms with van der Waals surface area (Å²) in [5, 5.41) is 18.7. The van der Waals surface area contributed by atoms with Crippen LogP contribution in [0.1, 0.15) is 11.1 Å². The summed E-state index contributed by atoms with van der Waals surface area (Å²) in [7, 11) is 0. The Bertz CT molecular complexity index is 1180. The van der Waals surface area contributed by atoms with Gasteiger partial charge in [-0.05, 0) is 48.9 Å². The molecule has 0 saturated carbocycles. The van der Waals surface area contributed by atoms with Gasteiger partial charge in [-0.25, -0.2) is 0 Å². The van der Waals surface area contributed by atoms with Gasteiger partial charge in [0.25, 0.3) is 0 Å². The molecule has 0 spiro atoms. The summed E-state index contributed by atoms with van der Waals surface area (Å²) in [6, 6.07) is 21.3. The largest absolute Gasteiger partial charge is 0.493 e. The predicted molar refractivity (Wildman–Crippen MR) is 117 cm³/mol. The third-order valence-electron chi connectivity index (χ3n) is 4.47. The molecule has 148 valence electrons. The number of hydrogen-bond acceptors (Lipinski definition) is 6. The van der Waals surface area contributed by atoms with Crippen molar-refractivity contribution >= 4 is 11.8 Å². The van der Waals surface area contributed by atoms with Crippen LogP contribution in [0.25, 0.3) is 17.1 Å². The lowest BCUT2D eigenvalue weighted by molar-refractivity contribution is 0.344. The van der Waals surface area contributed by atoms with Crippen LogP contribution in [0.3, 0.4) is 0 Å². The molecule has 0 bridgehead atoms. The zero-order chi connectivity index (χ0) is 20.8. The molecule has 4 rings (SSSR count). The normalized spacial score (nSPS) is 10.5. The van der Waals surface area contributed by atoms with E-state index in [1.54, 1.807) is 36.3 Å². The fourth-order valence-corrected chi connectivity index (χ4v) is 3.79. The number of nitrogens with zero attached hydrogens (tertiary/aromatic N) is 5. The highest BCUT2D eigenvalue weighted by atomic mass is 32.2. The molecule has 0 radical (unpaired) electrons. The maximum absolute atomic E-state index is 9.01. The van der Waals surface area contributed by atoms with Gasteiger partial charge in [0, 0.05) is 23.7 Å². The molecule has 0 saturated heterocycles. The van der Waals surface area contributed by atoms with Gasteiger partial charge in [-0.1, -0.05) is 36.0 Å². The fraction of sp³-hybridized carbons (Fsp3) is 0.130. The minimum Gasteiger partial charge on any atom is -0.493 e. The van der Waals surface area contributed by atoms with Crippen LogP contribution in [-0.4, -0.2) is 32.1 Å². The SMILES string of the molecule is Cc1ccccc1-n1c(SCCOc2cccc(C#N)c2)nnc1-c1ccncc1. The van der Waals surface area contributed by atoms with E-state index in [-0.39, 0.29) is 0 Å². The monoisotopic (exact) mass is 413 g/mol. The first-order valence-electron chi connectivity index (χ1n) is 9.44. The second-order valence-corrected chi connectivity index (χ2v) is 7.56. The molecule has 4 aromatic rings. The Morgan fingerprint density at radius 3 is 2.67 bits per heavy atom. The number of ether oxygens (including phenoxy) is 1. The van der Waals surface area contributed by atoms with E-state index in [2.05, 4.69) is 44.9 Å². The van der Waals surface area contributed by atoms with Crippen LogP contribution in [0.4, 0.5) is 0 Å². The molecule has 0 aliphatic carbocycles. The van der Waals surface area contributed by atoms with E-state index in [9.17, 15) is 0 Å². The number of thioether (sulfide) groups is 1. The molecule has 2 heterocycles. The van der Waals surface area contributed by atoms with Crippen molar-refractivity contribution in [3.8, 4) is 28.9 Å². The Balaban J connectivity index is 1.55. The highest BCUT2D eigenvalue weighted by Gasteiger charge is 2.17. The van der Waals surface area contributed by atoms with E-state index in [0.717, 1.165) is 27.8 Å². The van der Waals surface area contributed by atoms with E-state index in [1.165, 1.54) is 0 Å². The van der Waals surface area contributed by atoms with Crippen LogP contribution < -0.4 is 4.74 Å². The number of para-hydroxylation sites is 1. The molecule has 2 aromatic heterocycles. The number of nitriles is 1. The van der Waals surface area contributed by atoms with Crippen LogP contribution >= 0.6 is 11.8 Å². The number of pyridine rings is 1. The van der Waals surface area contributed by atoms with Crippen molar-refractivity contribution in [1.82, 2.24) is 19.7 Å². The Hall–Kier alpha value is -3.63. The van der Waals surface area contributed by atoms with Crippen molar-refractivity contribution in [2.75, 3.05) is 12.4 Å². The van der Waals surface area contributed by atoms with Gasteiger partial charge in [-0.2, -0.15) is 5.26 Å². The Morgan fingerprint density at radius 1 is 1.03 bits per heavy atom. The molecule has 0 aliphatic heterocycles. The molecular formula is C23H19N5OS. The summed E-state index contributed by atoms with van der Waals surface area (Å²) in [5.74, 6) is 2.15. The van der Waals surface area contributed by atoms with E-state index in [1.807, 2.05) is 36.4 Å². The molecule has 0 fully saturated rings. The van der Waals surface area contributed by atoms with Crippen molar-refractivity contribution in [1.29, 1.82) is 5.26 Å². The Morgan fingerprint density at radius 2 is 1.87 bits per heavy atom. The van der Waals surface area contributed by atoms with Gasteiger partial charge in [-0.15, -0.1) is 10.2 Å². The number of hydrogen-bond donors (Lipinski definition) is 0. The van der Waals surface area contributed by atoms with Crippen molar-refractivity contribution in [2.45, 2.75) is 12.1 Å². The third-order valence-corrected chi connectivity index (χ3v) is 5.37. The van der Waals surface area contributed by atoms with Gasteiger partial charge in [0.15, 0.2) is 11.0 Å². The first-order valence-corrected chi connectivity index (χ1v) is 10.4. The number of benzene rings is 2.